The third-order valence-corrected chi connectivity index (χ3v) is 5.76. The lowest BCUT2D eigenvalue weighted by Gasteiger charge is -2.17. The Balaban J connectivity index is 1.45. The molecule has 4 rings (SSSR count). The minimum Gasteiger partial charge on any atom is -0.497 e. The Morgan fingerprint density at radius 3 is 2.67 bits per heavy atom. The van der Waals surface area contributed by atoms with Gasteiger partial charge in [0.25, 0.3) is 11.8 Å². The van der Waals surface area contributed by atoms with Crippen LogP contribution in [0.15, 0.2) is 54.7 Å². The zero-order valence-corrected chi connectivity index (χ0v) is 18.9. The Morgan fingerprint density at radius 2 is 1.91 bits per heavy atom. The molecule has 1 N–H and O–H groups in total. The number of amides is 2. The second-order valence-electron chi connectivity index (χ2n) is 7.85. The van der Waals surface area contributed by atoms with Crippen LogP contribution < -0.4 is 14.8 Å². The van der Waals surface area contributed by atoms with Crippen molar-refractivity contribution < 1.29 is 19.1 Å². The van der Waals surface area contributed by atoms with Gasteiger partial charge in [0.15, 0.2) is 0 Å². The van der Waals surface area contributed by atoms with E-state index < -0.39 is 0 Å². The van der Waals surface area contributed by atoms with E-state index in [1.807, 2.05) is 18.2 Å². The maximum Gasteiger partial charge on any atom is 0.259 e. The number of aromatic nitrogens is 2. The molecule has 1 saturated heterocycles. The lowest BCUT2D eigenvalue weighted by atomic mass is 10.1. The van der Waals surface area contributed by atoms with Gasteiger partial charge in [-0.1, -0.05) is 18.2 Å². The topological polar surface area (TPSA) is 93.7 Å². The summed E-state index contributed by atoms with van der Waals surface area (Å²) in [5.41, 5.74) is 2.16. The fourth-order valence-electron chi connectivity index (χ4n) is 3.94. The van der Waals surface area contributed by atoms with Crippen LogP contribution in [0.5, 0.6) is 11.5 Å². The number of likely N-dealkylation sites (tertiary alicyclic amines) is 1. The minimum atomic E-state index is -0.301. The number of nitrogens with one attached hydrogen (secondary N) is 1. The number of anilines is 1. The van der Waals surface area contributed by atoms with Crippen LogP contribution in [0.3, 0.4) is 0 Å². The van der Waals surface area contributed by atoms with E-state index in [1.54, 1.807) is 62.6 Å². The average Bonchev–Trinajstić information content (AvgIpc) is 3.34. The van der Waals surface area contributed by atoms with Crippen LogP contribution >= 0.6 is 0 Å². The lowest BCUT2D eigenvalue weighted by molar-refractivity contribution is 0.0790. The first-order valence-electron chi connectivity index (χ1n) is 10.7. The van der Waals surface area contributed by atoms with Crippen LogP contribution in [0.25, 0.3) is 0 Å². The van der Waals surface area contributed by atoms with E-state index in [0.29, 0.717) is 52.9 Å². The van der Waals surface area contributed by atoms with Crippen LogP contribution in [0.1, 0.15) is 44.6 Å². The molecule has 8 nitrogen and oxygen atoms in total. The zero-order valence-electron chi connectivity index (χ0n) is 18.9. The standard InChI is InChI=1S/C25H26N4O4/c1-16-20(24(30)28-21-9-4-5-10-22(21)33-3)14-26-23(27-16)18-11-12-29(15-18)25(31)17-7-6-8-19(13-17)32-2/h4-10,13-14,18H,11-12,15H2,1-3H3,(H,28,30)/t18-/m1/s1. The van der Waals surface area contributed by atoms with E-state index in [1.165, 1.54) is 0 Å². The average molecular weight is 447 g/mol. The highest BCUT2D eigenvalue weighted by molar-refractivity contribution is 6.05. The van der Waals surface area contributed by atoms with Gasteiger partial charge in [0.05, 0.1) is 31.2 Å². The Kier molecular flexibility index (Phi) is 6.53. The number of carbonyl (C=O) groups excluding carboxylic acids is 2. The van der Waals surface area contributed by atoms with Crippen molar-refractivity contribution in [2.75, 3.05) is 32.6 Å². The first-order chi connectivity index (χ1) is 16.0. The van der Waals surface area contributed by atoms with Gasteiger partial charge in [0.2, 0.25) is 0 Å². The molecule has 170 valence electrons. The summed E-state index contributed by atoms with van der Waals surface area (Å²) in [5.74, 6) is 1.54. The summed E-state index contributed by atoms with van der Waals surface area (Å²) in [7, 11) is 3.13. The highest BCUT2D eigenvalue weighted by atomic mass is 16.5. The molecule has 3 aromatic rings. The van der Waals surface area contributed by atoms with Gasteiger partial charge >= 0.3 is 0 Å². The number of nitrogens with zero attached hydrogens (tertiary/aromatic N) is 3. The number of benzene rings is 2. The molecule has 2 amide bonds. The maximum absolute atomic E-state index is 12.9. The number of rotatable bonds is 6. The SMILES string of the molecule is COc1cccc(C(=O)N2CC[C@@H](c3ncc(C(=O)Nc4ccccc4OC)c(C)n3)C2)c1. The van der Waals surface area contributed by atoms with Crippen molar-refractivity contribution in [1.29, 1.82) is 0 Å². The Hall–Kier alpha value is -3.94. The molecule has 8 heteroatoms. The zero-order chi connectivity index (χ0) is 23.4. The molecule has 0 unspecified atom stereocenters. The lowest BCUT2D eigenvalue weighted by Crippen LogP contribution is -2.28. The molecule has 0 aliphatic carbocycles. The number of methoxy groups -OCH3 is 2. The molecule has 1 atom stereocenters. The fraction of sp³-hybridized carbons (Fsp3) is 0.280. The summed E-state index contributed by atoms with van der Waals surface area (Å²) in [5, 5.41) is 2.85. The van der Waals surface area contributed by atoms with Crippen LogP contribution in [-0.2, 0) is 0 Å². The predicted octanol–water partition coefficient (Wildman–Crippen LogP) is 3.68. The van der Waals surface area contributed by atoms with Gasteiger partial charge in [-0.15, -0.1) is 0 Å². The summed E-state index contributed by atoms with van der Waals surface area (Å²) in [6.45, 7) is 2.94. The molecule has 33 heavy (non-hydrogen) atoms. The van der Waals surface area contributed by atoms with Crippen molar-refractivity contribution in [2.45, 2.75) is 19.3 Å². The van der Waals surface area contributed by atoms with Crippen molar-refractivity contribution in [2.24, 2.45) is 0 Å². The summed E-state index contributed by atoms with van der Waals surface area (Å²) in [4.78, 5) is 36.5. The van der Waals surface area contributed by atoms with Gasteiger partial charge < -0.3 is 19.7 Å². The number of aryl methyl sites for hydroxylation is 1. The normalized spacial score (nSPS) is 15.2. The monoisotopic (exact) mass is 446 g/mol. The Labute approximate surface area is 192 Å². The molecule has 2 aromatic carbocycles. The Bertz CT molecular complexity index is 1180. The van der Waals surface area contributed by atoms with Crippen LogP contribution in [0.2, 0.25) is 0 Å². The molecule has 1 aliphatic heterocycles. The highest BCUT2D eigenvalue weighted by Gasteiger charge is 2.30. The highest BCUT2D eigenvalue weighted by Crippen LogP contribution is 2.28. The first-order valence-corrected chi connectivity index (χ1v) is 10.7. The third kappa shape index (κ3) is 4.79. The van der Waals surface area contributed by atoms with Gasteiger partial charge in [-0.2, -0.15) is 0 Å². The molecule has 1 aromatic heterocycles. The number of para-hydroxylation sites is 2. The number of hydrogen-bond donors (Lipinski definition) is 1. The molecule has 0 radical (unpaired) electrons. The van der Waals surface area contributed by atoms with Gasteiger partial charge in [-0.25, -0.2) is 9.97 Å². The van der Waals surface area contributed by atoms with Gasteiger partial charge in [-0.05, 0) is 43.7 Å². The molecule has 2 heterocycles. The third-order valence-electron chi connectivity index (χ3n) is 5.76. The second kappa shape index (κ2) is 9.68. The van der Waals surface area contributed by atoms with E-state index in [0.717, 1.165) is 6.42 Å². The number of carbonyl (C=O) groups is 2. The molecular weight excluding hydrogens is 420 g/mol. The van der Waals surface area contributed by atoms with Crippen molar-refractivity contribution in [1.82, 2.24) is 14.9 Å². The van der Waals surface area contributed by atoms with Crippen molar-refractivity contribution in [3.63, 3.8) is 0 Å². The van der Waals surface area contributed by atoms with Crippen LogP contribution in [-0.4, -0.2) is 54.0 Å². The number of ether oxygens (including phenoxy) is 2. The molecule has 1 fully saturated rings. The predicted molar refractivity (Wildman–Crippen MR) is 124 cm³/mol. The Morgan fingerprint density at radius 1 is 1.09 bits per heavy atom. The second-order valence-corrected chi connectivity index (χ2v) is 7.85. The summed E-state index contributed by atoms with van der Waals surface area (Å²) in [6, 6.07) is 14.4. The summed E-state index contributed by atoms with van der Waals surface area (Å²) >= 11 is 0. The van der Waals surface area contributed by atoms with E-state index in [-0.39, 0.29) is 17.7 Å². The van der Waals surface area contributed by atoms with Crippen molar-refractivity contribution >= 4 is 17.5 Å². The van der Waals surface area contributed by atoms with Crippen molar-refractivity contribution in [3.8, 4) is 11.5 Å². The van der Waals surface area contributed by atoms with Gasteiger partial charge in [0, 0.05) is 30.8 Å². The molecule has 1 aliphatic rings. The van der Waals surface area contributed by atoms with Crippen LogP contribution in [0, 0.1) is 6.92 Å². The smallest absolute Gasteiger partial charge is 0.259 e. The molecular formula is C25H26N4O4. The molecule has 0 spiro atoms. The minimum absolute atomic E-state index is 0.0181. The van der Waals surface area contributed by atoms with E-state index >= 15 is 0 Å². The van der Waals surface area contributed by atoms with Gasteiger partial charge in [0.1, 0.15) is 17.3 Å². The molecule has 0 saturated carbocycles. The largest absolute Gasteiger partial charge is 0.497 e. The summed E-state index contributed by atoms with van der Waals surface area (Å²) < 4.78 is 10.5. The molecule has 0 bridgehead atoms. The number of hydrogen-bond acceptors (Lipinski definition) is 6. The van der Waals surface area contributed by atoms with Gasteiger partial charge in [-0.3, -0.25) is 9.59 Å². The first kappa shape index (κ1) is 22.3. The maximum atomic E-state index is 12.9. The fourth-order valence-corrected chi connectivity index (χ4v) is 3.94. The van der Waals surface area contributed by atoms with E-state index in [9.17, 15) is 9.59 Å². The van der Waals surface area contributed by atoms with Crippen LogP contribution in [0.4, 0.5) is 5.69 Å². The van der Waals surface area contributed by atoms with Crippen molar-refractivity contribution in [3.05, 3.63) is 77.4 Å². The quantitative estimate of drug-likeness (QED) is 0.621. The summed E-state index contributed by atoms with van der Waals surface area (Å²) in [6.07, 6.45) is 2.32. The van der Waals surface area contributed by atoms with E-state index in [4.69, 9.17) is 9.47 Å². The van der Waals surface area contributed by atoms with E-state index in [2.05, 4.69) is 15.3 Å².